The molecule has 26 heavy (non-hydrogen) atoms. The van der Waals surface area contributed by atoms with Crippen LogP contribution in [0.5, 0.6) is 11.5 Å². The fourth-order valence-corrected chi connectivity index (χ4v) is 2.99. The van der Waals surface area contributed by atoms with Crippen LogP contribution < -0.4 is 14.9 Å². The Bertz CT molecular complexity index is 824. The van der Waals surface area contributed by atoms with Crippen LogP contribution in [0.25, 0.3) is 0 Å². The van der Waals surface area contributed by atoms with Gasteiger partial charge in [-0.2, -0.15) is 5.10 Å². The van der Waals surface area contributed by atoms with E-state index in [9.17, 15) is 4.79 Å². The van der Waals surface area contributed by atoms with E-state index in [1.54, 1.807) is 12.3 Å². The first-order valence-electron chi connectivity index (χ1n) is 8.84. The standard InChI is InChI=1S/C20H25N3O3/c1-13(2)11-23-14(3)9-16(15(23)4)10-21-22-20(24)19-12-25-17-7-5-6-8-18(17)26-19/h5-10,13,19H,11-12H2,1-4H3,(H,22,24)/b21-10+. The molecule has 0 spiro atoms. The van der Waals surface area contributed by atoms with Gasteiger partial charge < -0.3 is 14.0 Å². The summed E-state index contributed by atoms with van der Waals surface area (Å²) in [6.07, 6.45) is 0.963. The van der Waals surface area contributed by atoms with Crippen LogP contribution in [-0.4, -0.2) is 29.4 Å². The second-order valence-electron chi connectivity index (χ2n) is 6.93. The lowest BCUT2D eigenvalue weighted by Gasteiger charge is -2.24. The van der Waals surface area contributed by atoms with Crippen molar-refractivity contribution in [2.75, 3.05) is 6.61 Å². The Kier molecular flexibility index (Phi) is 5.30. The summed E-state index contributed by atoms with van der Waals surface area (Å²) in [5.74, 6) is 1.46. The Hall–Kier alpha value is -2.76. The molecule has 3 rings (SSSR count). The number of hydrazone groups is 1. The van der Waals surface area contributed by atoms with E-state index in [2.05, 4.69) is 48.9 Å². The van der Waals surface area contributed by atoms with Gasteiger partial charge in [-0.1, -0.05) is 26.0 Å². The van der Waals surface area contributed by atoms with E-state index in [0.717, 1.165) is 17.8 Å². The summed E-state index contributed by atoms with van der Waals surface area (Å²) in [7, 11) is 0. The maximum Gasteiger partial charge on any atom is 0.284 e. The van der Waals surface area contributed by atoms with E-state index >= 15 is 0 Å². The van der Waals surface area contributed by atoms with Gasteiger partial charge in [0.1, 0.15) is 6.61 Å². The van der Waals surface area contributed by atoms with E-state index in [4.69, 9.17) is 9.47 Å². The molecule has 1 aromatic carbocycles. The number of nitrogens with one attached hydrogen (secondary N) is 1. The second-order valence-corrected chi connectivity index (χ2v) is 6.93. The van der Waals surface area contributed by atoms with E-state index in [1.165, 1.54) is 5.69 Å². The second kappa shape index (κ2) is 7.64. The maximum atomic E-state index is 12.3. The molecular formula is C20H25N3O3. The summed E-state index contributed by atoms with van der Waals surface area (Å²) in [6, 6.07) is 9.37. The Morgan fingerprint density at radius 3 is 2.81 bits per heavy atom. The molecule has 0 saturated carbocycles. The third-order valence-corrected chi connectivity index (χ3v) is 4.34. The Morgan fingerprint density at radius 1 is 1.35 bits per heavy atom. The molecule has 1 aliphatic rings. The van der Waals surface area contributed by atoms with Crippen LogP contribution in [0.1, 0.15) is 30.8 Å². The summed E-state index contributed by atoms with van der Waals surface area (Å²) in [6.45, 7) is 9.66. The van der Waals surface area contributed by atoms with Crippen LogP contribution in [0.4, 0.5) is 0 Å². The molecule has 2 aromatic rings. The number of amides is 1. The summed E-state index contributed by atoms with van der Waals surface area (Å²) >= 11 is 0. The number of fused-ring (bicyclic) bond motifs is 1. The molecule has 2 heterocycles. The monoisotopic (exact) mass is 355 g/mol. The summed E-state index contributed by atoms with van der Waals surface area (Å²) < 4.78 is 13.5. The summed E-state index contributed by atoms with van der Waals surface area (Å²) in [4.78, 5) is 12.3. The third-order valence-electron chi connectivity index (χ3n) is 4.34. The topological polar surface area (TPSA) is 64.8 Å². The van der Waals surface area contributed by atoms with Gasteiger partial charge in [0.25, 0.3) is 5.91 Å². The molecule has 1 amide bonds. The molecule has 1 N–H and O–H groups in total. The Balaban J connectivity index is 1.62. The van der Waals surface area contributed by atoms with Crippen molar-refractivity contribution in [2.24, 2.45) is 11.0 Å². The van der Waals surface area contributed by atoms with Crippen LogP contribution in [-0.2, 0) is 11.3 Å². The number of ether oxygens (including phenoxy) is 2. The highest BCUT2D eigenvalue weighted by molar-refractivity contribution is 5.85. The fourth-order valence-electron chi connectivity index (χ4n) is 2.99. The van der Waals surface area contributed by atoms with Gasteiger partial charge in [0, 0.05) is 23.5 Å². The minimum absolute atomic E-state index is 0.168. The molecule has 1 aromatic heterocycles. The number of hydrogen-bond acceptors (Lipinski definition) is 4. The van der Waals surface area contributed by atoms with Crippen molar-refractivity contribution in [2.45, 2.75) is 40.3 Å². The van der Waals surface area contributed by atoms with Crippen molar-refractivity contribution >= 4 is 12.1 Å². The van der Waals surface area contributed by atoms with Gasteiger partial charge in [-0.25, -0.2) is 5.43 Å². The van der Waals surface area contributed by atoms with Crippen molar-refractivity contribution in [3.63, 3.8) is 0 Å². The molecule has 1 aliphatic heterocycles. The van der Waals surface area contributed by atoms with Gasteiger partial charge in [-0.05, 0) is 38.0 Å². The van der Waals surface area contributed by atoms with Crippen molar-refractivity contribution < 1.29 is 14.3 Å². The predicted octanol–water partition coefficient (Wildman–Crippen LogP) is 3.05. The van der Waals surface area contributed by atoms with Crippen LogP contribution >= 0.6 is 0 Å². The van der Waals surface area contributed by atoms with Crippen molar-refractivity contribution in [1.29, 1.82) is 0 Å². The number of rotatable bonds is 5. The average molecular weight is 355 g/mol. The van der Waals surface area contributed by atoms with Crippen molar-refractivity contribution in [3.8, 4) is 11.5 Å². The summed E-state index contributed by atoms with van der Waals surface area (Å²) in [5.41, 5.74) is 5.86. The molecular weight excluding hydrogens is 330 g/mol. The highest BCUT2D eigenvalue weighted by atomic mass is 16.6. The van der Waals surface area contributed by atoms with Gasteiger partial charge in [-0.3, -0.25) is 4.79 Å². The number of carbonyl (C=O) groups excluding carboxylic acids is 1. The van der Waals surface area contributed by atoms with Gasteiger partial charge >= 0.3 is 0 Å². The molecule has 138 valence electrons. The number of hydrogen-bond donors (Lipinski definition) is 1. The molecule has 0 aliphatic carbocycles. The molecule has 6 heteroatoms. The molecule has 0 fully saturated rings. The average Bonchev–Trinajstić information content (AvgIpc) is 2.88. The predicted molar refractivity (Wildman–Crippen MR) is 101 cm³/mol. The first-order valence-corrected chi connectivity index (χ1v) is 8.84. The molecule has 0 bridgehead atoms. The first-order chi connectivity index (χ1) is 12.5. The van der Waals surface area contributed by atoms with Crippen LogP contribution in [0.2, 0.25) is 0 Å². The van der Waals surface area contributed by atoms with Gasteiger partial charge in [0.2, 0.25) is 6.10 Å². The van der Waals surface area contributed by atoms with E-state index in [-0.39, 0.29) is 12.5 Å². The number of aromatic nitrogens is 1. The van der Waals surface area contributed by atoms with Crippen LogP contribution in [0.3, 0.4) is 0 Å². The molecule has 1 atom stereocenters. The first kappa shape index (κ1) is 18.0. The minimum Gasteiger partial charge on any atom is -0.485 e. The van der Waals surface area contributed by atoms with Gasteiger partial charge in [0.05, 0.1) is 6.21 Å². The normalized spacial score (nSPS) is 16.3. The van der Waals surface area contributed by atoms with Crippen LogP contribution in [0, 0.1) is 19.8 Å². The Labute approximate surface area is 153 Å². The molecule has 6 nitrogen and oxygen atoms in total. The summed E-state index contributed by atoms with van der Waals surface area (Å²) in [5, 5.41) is 4.09. The van der Waals surface area contributed by atoms with Gasteiger partial charge in [-0.15, -0.1) is 0 Å². The quantitative estimate of drug-likeness (QED) is 0.662. The Morgan fingerprint density at radius 2 is 2.08 bits per heavy atom. The number of benzene rings is 1. The molecule has 1 unspecified atom stereocenters. The third kappa shape index (κ3) is 3.90. The number of para-hydroxylation sites is 2. The lowest BCUT2D eigenvalue weighted by molar-refractivity contribution is -0.130. The highest BCUT2D eigenvalue weighted by Gasteiger charge is 2.27. The number of aryl methyl sites for hydroxylation is 1. The van der Waals surface area contributed by atoms with E-state index < -0.39 is 6.10 Å². The maximum absolute atomic E-state index is 12.3. The van der Waals surface area contributed by atoms with E-state index in [1.807, 2.05) is 18.2 Å². The van der Waals surface area contributed by atoms with E-state index in [0.29, 0.717) is 17.4 Å². The zero-order valence-corrected chi connectivity index (χ0v) is 15.7. The van der Waals surface area contributed by atoms with Crippen molar-refractivity contribution in [3.05, 3.63) is 47.3 Å². The fraction of sp³-hybridized carbons (Fsp3) is 0.400. The smallest absolute Gasteiger partial charge is 0.284 e. The van der Waals surface area contributed by atoms with Crippen molar-refractivity contribution in [1.82, 2.24) is 9.99 Å². The minimum atomic E-state index is -0.713. The highest BCUT2D eigenvalue weighted by Crippen LogP contribution is 2.30. The largest absolute Gasteiger partial charge is 0.485 e. The lowest BCUT2D eigenvalue weighted by Crippen LogP contribution is -2.42. The number of carbonyl (C=O) groups is 1. The SMILES string of the molecule is Cc1cc(/C=N/NC(=O)C2COc3ccccc3O2)c(C)n1CC(C)C. The molecule has 0 radical (unpaired) electrons. The van der Waals surface area contributed by atoms with Crippen LogP contribution in [0.15, 0.2) is 35.4 Å². The molecule has 0 saturated heterocycles. The number of nitrogens with zero attached hydrogens (tertiary/aromatic N) is 2. The van der Waals surface area contributed by atoms with Gasteiger partial charge in [0.15, 0.2) is 11.5 Å². The zero-order chi connectivity index (χ0) is 18.7. The lowest BCUT2D eigenvalue weighted by atomic mass is 10.2. The zero-order valence-electron chi connectivity index (χ0n) is 15.7.